The zero-order valence-electron chi connectivity index (χ0n) is 7.28. The maximum Gasteiger partial charge on any atom is 0.188 e. The Morgan fingerprint density at radius 3 is 3.23 bits per heavy atom. The zero-order valence-corrected chi connectivity index (χ0v) is 7.28. The second kappa shape index (κ2) is 3.45. The highest BCUT2D eigenvalue weighted by Crippen LogP contribution is 2.18. The fraction of sp³-hybridized carbons (Fsp3) is 0.222. The van der Waals surface area contributed by atoms with Crippen molar-refractivity contribution in [1.82, 2.24) is 10.2 Å². The third-order valence-electron chi connectivity index (χ3n) is 1.76. The summed E-state index contributed by atoms with van der Waals surface area (Å²) in [6.45, 7) is 0.264. The van der Waals surface area contributed by atoms with Gasteiger partial charge in [0.1, 0.15) is 5.75 Å². The molecule has 0 saturated heterocycles. The molecule has 0 atom stereocenters. The number of hydrogen-bond acceptors (Lipinski definition) is 3. The average molecular weight is 178 g/mol. The third-order valence-corrected chi connectivity index (χ3v) is 1.76. The molecule has 0 bridgehead atoms. The van der Waals surface area contributed by atoms with Gasteiger partial charge in [0.25, 0.3) is 0 Å². The van der Waals surface area contributed by atoms with E-state index in [0.717, 1.165) is 16.7 Å². The highest BCUT2D eigenvalue weighted by atomic mass is 16.7. The fourth-order valence-corrected chi connectivity index (χ4v) is 1.13. The number of fused-ring (bicyclic) bond motifs is 1. The number of nitrogens with one attached hydrogen (secondary N) is 1. The van der Waals surface area contributed by atoms with Gasteiger partial charge in [0.05, 0.1) is 11.7 Å². The van der Waals surface area contributed by atoms with E-state index in [0.29, 0.717) is 0 Å². The molecule has 2 aromatic rings. The minimum Gasteiger partial charge on any atom is -0.467 e. The number of aromatic amines is 1. The molecule has 0 aliphatic rings. The fourth-order valence-electron chi connectivity index (χ4n) is 1.13. The van der Waals surface area contributed by atoms with E-state index in [2.05, 4.69) is 10.2 Å². The summed E-state index contributed by atoms with van der Waals surface area (Å²) >= 11 is 0. The van der Waals surface area contributed by atoms with Gasteiger partial charge in [0, 0.05) is 18.6 Å². The number of H-pyrrole nitrogens is 1. The van der Waals surface area contributed by atoms with E-state index < -0.39 is 0 Å². The van der Waals surface area contributed by atoms with E-state index in [1.165, 1.54) is 0 Å². The zero-order chi connectivity index (χ0) is 9.10. The molecule has 0 saturated carbocycles. The summed E-state index contributed by atoms with van der Waals surface area (Å²) in [5.74, 6) is 0.776. The minimum atomic E-state index is 0.264. The second-order valence-corrected chi connectivity index (χ2v) is 2.67. The molecule has 4 nitrogen and oxygen atoms in total. The van der Waals surface area contributed by atoms with E-state index in [1.807, 2.05) is 18.2 Å². The number of benzene rings is 1. The van der Waals surface area contributed by atoms with Crippen molar-refractivity contribution in [3.63, 3.8) is 0 Å². The van der Waals surface area contributed by atoms with Crippen LogP contribution in [0.5, 0.6) is 5.75 Å². The topological polar surface area (TPSA) is 47.1 Å². The Labute approximate surface area is 75.5 Å². The molecule has 13 heavy (non-hydrogen) atoms. The Balaban J connectivity index is 2.26. The molecule has 4 heteroatoms. The normalized spacial score (nSPS) is 10.5. The maximum absolute atomic E-state index is 5.26. The number of methoxy groups -OCH3 is 1. The minimum absolute atomic E-state index is 0.264. The molecule has 0 aliphatic heterocycles. The monoisotopic (exact) mass is 178 g/mol. The smallest absolute Gasteiger partial charge is 0.188 e. The molecule has 0 fully saturated rings. The Hall–Kier alpha value is -1.55. The Bertz CT molecular complexity index is 397. The average Bonchev–Trinajstić information content (AvgIpc) is 2.61. The lowest BCUT2D eigenvalue weighted by Gasteiger charge is -2.03. The van der Waals surface area contributed by atoms with Crippen LogP contribution < -0.4 is 4.74 Å². The molecule has 2 rings (SSSR count). The molecule has 1 aromatic carbocycles. The number of ether oxygens (including phenoxy) is 2. The van der Waals surface area contributed by atoms with Gasteiger partial charge < -0.3 is 9.47 Å². The maximum atomic E-state index is 5.26. The Morgan fingerprint density at radius 2 is 2.38 bits per heavy atom. The first-order chi connectivity index (χ1) is 6.40. The van der Waals surface area contributed by atoms with Crippen molar-refractivity contribution in [3.05, 3.63) is 24.4 Å². The SMILES string of the molecule is COCOc1ccc2cn[nH]c2c1. The molecule has 0 unspecified atom stereocenters. The number of aromatic nitrogens is 2. The summed E-state index contributed by atoms with van der Waals surface area (Å²) in [5.41, 5.74) is 0.966. The lowest BCUT2D eigenvalue weighted by molar-refractivity contribution is 0.0512. The number of hydrogen-bond donors (Lipinski definition) is 1. The van der Waals surface area contributed by atoms with Crippen LogP contribution in [0.25, 0.3) is 10.9 Å². The quantitative estimate of drug-likeness (QED) is 0.725. The van der Waals surface area contributed by atoms with Crippen molar-refractivity contribution in [1.29, 1.82) is 0 Å². The first-order valence-electron chi connectivity index (χ1n) is 3.95. The highest BCUT2D eigenvalue weighted by molar-refractivity contribution is 5.79. The van der Waals surface area contributed by atoms with Crippen molar-refractivity contribution < 1.29 is 9.47 Å². The van der Waals surface area contributed by atoms with Crippen molar-refractivity contribution in [2.75, 3.05) is 13.9 Å². The number of rotatable bonds is 3. The molecular weight excluding hydrogens is 168 g/mol. The van der Waals surface area contributed by atoms with Gasteiger partial charge in [0.15, 0.2) is 6.79 Å². The summed E-state index contributed by atoms with van der Waals surface area (Å²) in [6, 6.07) is 5.72. The van der Waals surface area contributed by atoms with Crippen LogP contribution in [-0.2, 0) is 4.74 Å². The Morgan fingerprint density at radius 1 is 1.46 bits per heavy atom. The van der Waals surface area contributed by atoms with Crippen LogP contribution in [0.1, 0.15) is 0 Å². The van der Waals surface area contributed by atoms with Crippen LogP contribution in [0.3, 0.4) is 0 Å². The molecule has 68 valence electrons. The van der Waals surface area contributed by atoms with Crippen molar-refractivity contribution >= 4 is 10.9 Å². The number of nitrogens with zero attached hydrogens (tertiary/aromatic N) is 1. The van der Waals surface area contributed by atoms with Crippen LogP contribution >= 0.6 is 0 Å². The van der Waals surface area contributed by atoms with Crippen LogP contribution in [-0.4, -0.2) is 24.1 Å². The summed E-state index contributed by atoms with van der Waals surface area (Å²) < 4.78 is 10.1. The predicted octanol–water partition coefficient (Wildman–Crippen LogP) is 1.55. The first-order valence-corrected chi connectivity index (χ1v) is 3.95. The van der Waals surface area contributed by atoms with Crippen LogP contribution in [0.2, 0.25) is 0 Å². The molecule has 1 N–H and O–H groups in total. The lowest BCUT2D eigenvalue weighted by Crippen LogP contribution is -1.98. The van der Waals surface area contributed by atoms with Crippen molar-refractivity contribution in [2.45, 2.75) is 0 Å². The first kappa shape index (κ1) is 8.07. The molecule has 0 radical (unpaired) electrons. The van der Waals surface area contributed by atoms with Gasteiger partial charge in [-0.15, -0.1) is 0 Å². The van der Waals surface area contributed by atoms with Crippen LogP contribution in [0.15, 0.2) is 24.4 Å². The van der Waals surface area contributed by atoms with Crippen molar-refractivity contribution in [2.24, 2.45) is 0 Å². The van der Waals surface area contributed by atoms with E-state index in [4.69, 9.17) is 9.47 Å². The standard InChI is InChI=1S/C9H10N2O2/c1-12-6-13-8-3-2-7-5-10-11-9(7)4-8/h2-5H,6H2,1H3,(H,10,11). The molecule has 0 spiro atoms. The largest absolute Gasteiger partial charge is 0.467 e. The molecule has 1 heterocycles. The van der Waals surface area contributed by atoms with Crippen molar-refractivity contribution in [3.8, 4) is 5.75 Å². The lowest BCUT2D eigenvalue weighted by atomic mass is 10.2. The van der Waals surface area contributed by atoms with Gasteiger partial charge in [-0.25, -0.2) is 0 Å². The summed E-state index contributed by atoms with van der Waals surface area (Å²) in [4.78, 5) is 0. The third kappa shape index (κ3) is 1.62. The molecule has 0 aliphatic carbocycles. The second-order valence-electron chi connectivity index (χ2n) is 2.67. The highest BCUT2D eigenvalue weighted by Gasteiger charge is 1.97. The van der Waals surface area contributed by atoms with Gasteiger partial charge in [-0.3, -0.25) is 5.10 Å². The van der Waals surface area contributed by atoms with E-state index >= 15 is 0 Å². The summed E-state index contributed by atoms with van der Waals surface area (Å²) in [6.07, 6.45) is 1.77. The summed E-state index contributed by atoms with van der Waals surface area (Å²) in [5, 5.41) is 7.85. The molecular formula is C9H10N2O2. The van der Waals surface area contributed by atoms with Gasteiger partial charge >= 0.3 is 0 Å². The van der Waals surface area contributed by atoms with E-state index in [-0.39, 0.29) is 6.79 Å². The van der Waals surface area contributed by atoms with Gasteiger partial charge in [-0.05, 0) is 12.1 Å². The van der Waals surface area contributed by atoms with Crippen LogP contribution in [0.4, 0.5) is 0 Å². The van der Waals surface area contributed by atoms with Gasteiger partial charge in [0.2, 0.25) is 0 Å². The van der Waals surface area contributed by atoms with Crippen LogP contribution in [0, 0.1) is 0 Å². The van der Waals surface area contributed by atoms with E-state index in [9.17, 15) is 0 Å². The molecule has 1 aromatic heterocycles. The predicted molar refractivity (Wildman–Crippen MR) is 48.6 cm³/mol. The Kier molecular flexibility index (Phi) is 2.14. The van der Waals surface area contributed by atoms with Gasteiger partial charge in [-0.1, -0.05) is 0 Å². The van der Waals surface area contributed by atoms with E-state index in [1.54, 1.807) is 13.3 Å². The summed E-state index contributed by atoms with van der Waals surface area (Å²) in [7, 11) is 1.59. The van der Waals surface area contributed by atoms with Gasteiger partial charge in [-0.2, -0.15) is 5.10 Å². The molecule has 0 amide bonds.